The number of ether oxygens (including phenoxy) is 4. The molecule has 0 unspecified atom stereocenters. The van der Waals surface area contributed by atoms with Crippen molar-refractivity contribution in [3.8, 4) is 17.2 Å². The summed E-state index contributed by atoms with van der Waals surface area (Å²) in [4.78, 5) is 17.9. The Bertz CT molecular complexity index is 1890. The first kappa shape index (κ1) is 37.1. The zero-order valence-corrected chi connectivity index (χ0v) is 30.4. The SMILES string of the molecule is COc1ccc(CN(c2ncns2)S(=O)(=O)c2cc(F)c(OC[C@H]3CN(C(=O)OC(C)(C)C)CC[C@@H]3c3ccc(Cl)cc3)c(F)c2)c(OC)c1. The Hall–Kier alpha value is -4.21. The molecule has 11 nitrogen and oxygen atoms in total. The predicted molar refractivity (Wildman–Crippen MR) is 185 cm³/mol. The quantitative estimate of drug-likeness (QED) is 0.156. The normalized spacial score (nSPS) is 16.5. The highest BCUT2D eigenvalue weighted by Gasteiger charge is 2.36. The third kappa shape index (κ3) is 8.56. The van der Waals surface area contributed by atoms with Gasteiger partial charge in [0.05, 0.1) is 32.3 Å². The number of hydrogen-bond donors (Lipinski definition) is 0. The Morgan fingerprint density at radius 2 is 1.76 bits per heavy atom. The Labute approximate surface area is 298 Å². The second kappa shape index (κ2) is 15.4. The third-order valence-electron chi connectivity index (χ3n) is 8.06. The van der Waals surface area contributed by atoms with E-state index in [4.69, 9.17) is 30.5 Å². The van der Waals surface area contributed by atoms with Gasteiger partial charge in [0.1, 0.15) is 23.4 Å². The summed E-state index contributed by atoms with van der Waals surface area (Å²) >= 11 is 6.90. The number of likely N-dealkylation sites (tertiary alicyclic amines) is 1. The highest BCUT2D eigenvalue weighted by atomic mass is 35.5. The van der Waals surface area contributed by atoms with Crippen LogP contribution in [0, 0.1) is 17.6 Å². The lowest BCUT2D eigenvalue weighted by Crippen LogP contribution is -2.46. The molecular formula is C34H37ClF2N4O7S2. The summed E-state index contributed by atoms with van der Waals surface area (Å²) in [5.74, 6) is -2.89. The van der Waals surface area contributed by atoms with Crippen LogP contribution in [0.15, 0.2) is 65.8 Å². The van der Waals surface area contributed by atoms with Crippen molar-refractivity contribution in [1.82, 2.24) is 14.3 Å². The van der Waals surface area contributed by atoms with Gasteiger partial charge in [-0.05, 0) is 75.1 Å². The number of amides is 1. The molecular weight excluding hydrogens is 714 g/mol. The summed E-state index contributed by atoms with van der Waals surface area (Å²) in [6, 6.07) is 13.5. The van der Waals surface area contributed by atoms with Gasteiger partial charge in [-0.15, -0.1) is 0 Å². The van der Waals surface area contributed by atoms with Crippen LogP contribution in [0.1, 0.15) is 44.2 Å². The minimum Gasteiger partial charge on any atom is -0.497 e. The summed E-state index contributed by atoms with van der Waals surface area (Å²) in [5.41, 5.74) is 0.659. The minimum atomic E-state index is -4.59. The molecule has 0 aliphatic carbocycles. The molecule has 0 N–H and O–H groups in total. The number of carbonyl (C=O) groups is 1. The first-order valence-corrected chi connectivity index (χ1v) is 18.1. The van der Waals surface area contributed by atoms with Crippen LogP contribution < -0.4 is 18.5 Å². The molecule has 0 spiro atoms. The molecule has 2 heterocycles. The maximum atomic E-state index is 15.7. The third-order valence-corrected chi connectivity index (χ3v) is 10.8. The Balaban J connectivity index is 1.41. The molecule has 16 heteroatoms. The summed E-state index contributed by atoms with van der Waals surface area (Å²) < 4.78 is 86.1. The molecule has 268 valence electrons. The van der Waals surface area contributed by atoms with E-state index in [1.807, 2.05) is 12.1 Å². The highest BCUT2D eigenvalue weighted by Crippen LogP contribution is 2.37. The van der Waals surface area contributed by atoms with Gasteiger partial charge in [-0.3, -0.25) is 0 Å². The van der Waals surface area contributed by atoms with Crippen molar-refractivity contribution in [2.75, 3.05) is 38.2 Å². The molecule has 0 bridgehead atoms. The van der Waals surface area contributed by atoms with Gasteiger partial charge in [0.25, 0.3) is 10.0 Å². The number of benzene rings is 3. The van der Waals surface area contributed by atoms with E-state index in [-0.39, 0.29) is 30.7 Å². The van der Waals surface area contributed by atoms with Gasteiger partial charge in [0.15, 0.2) is 17.4 Å². The zero-order valence-electron chi connectivity index (χ0n) is 28.1. The van der Waals surface area contributed by atoms with E-state index in [1.165, 1.54) is 20.5 Å². The van der Waals surface area contributed by atoms with Crippen molar-refractivity contribution in [3.63, 3.8) is 0 Å². The van der Waals surface area contributed by atoms with Crippen molar-refractivity contribution in [2.45, 2.75) is 50.2 Å². The maximum absolute atomic E-state index is 15.7. The van der Waals surface area contributed by atoms with Crippen molar-refractivity contribution in [3.05, 3.63) is 88.7 Å². The number of aromatic nitrogens is 2. The van der Waals surface area contributed by atoms with Gasteiger partial charge < -0.3 is 23.8 Å². The zero-order chi connectivity index (χ0) is 36.2. The second-order valence-corrected chi connectivity index (χ2v) is 15.6. The van der Waals surface area contributed by atoms with Crippen LogP contribution in [-0.2, 0) is 21.3 Å². The summed E-state index contributed by atoms with van der Waals surface area (Å²) in [6.45, 7) is 5.44. The van der Waals surface area contributed by atoms with E-state index in [0.29, 0.717) is 47.2 Å². The van der Waals surface area contributed by atoms with Crippen LogP contribution in [0.5, 0.6) is 17.2 Å². The number of carbonyl (C=O) groups excluding carboxylic acids is 1. The van der Waals surface area contributed by atoms with Crippen LogP contribution in [0.2, 0.25) is 5.02 Å². The van der Waals surface area contributed by atoms with Crippen LogP contribution in [-0.4, -0.2) is 68.3 Å². The first-order valence-electron chi connectivity index (χ1n) is 15.6. The van der Waals surface area contributed by atoms with Crippen LogP contribution in [0.25, 0.3) is 0 Å². The average Bonchev–Trinajstić information content (AvgIpc) is 3.61. The summed E-state index contributed by atoms with van der Waals surface area (Å²) in [7, 11) is -1.69. The largest absolute Gasteiger partial charge is 0.497 e. The van der Waals surface area contributed by atoms with Crippen LogP contribution >= 0.6 is 23.1 Å². The molecule has 5 rings (SSSR count). The van der Waals surface area contributed by atoms with E-state index >= 15 is 8.78 Å². The lowest BCUT2D eigenvalue weighted by molar-refractivity contribution is 0.0108. The van der Waals surface area contributed by atoms with Crippen LogP contribution in [0.4, 0.5) is 18.7 Å². The van der Waals surface area contributed by atoms with E-state index in [9.17, 15) is 13.2 Å². The molecule has 1 amide bonds. The Morgan fingerprint density at radius 1 is 1.06 bits per heavy atom. The smallest absolute Gasteiger partial charge is 0.410 e. The maximum Gasteiger partial charge on any atom is 0.410 e. The highest BCUT2D eigenvalue weighted by molar-refractivity contribution is 7.93. The number of halogens is 3. The molecule has 2 atom stereocenters. The van der Waals surface area contributed by atoms with E-state index < -0.39 is 49.9 Å². The topological polar surface area (TPSA) is 120 Å². The van der Waals surface area contributed by atoms with E-state index in [0.717, 1.165) is 21.4 Å². The number of piperidine rings is 1. The van der Waals surface area contributed by atoms with E-state index in [1.54, 1.807) is 56.0 Å². The number of rotatable bonds is 11. The monoisotopic (exact) mass is 750 g/mol. The van der Waals surface area contributed by atoms with Gasteiger partial charge in [-0.25, -0.2) is 31.3 Å². The van der Waals surface area contributed by atoms with Gasteiger partial charge in [0.2, 0.25) is 5.13 Å². The molecule has 0 radical (unpaired) electrons. The number of hydrogen-bond acceptors (Lipinski definition) is 10. The fourth-order valence-electron chi connectivity index (χ4n) is 5.65. The molecule has 4 aromatic rings. The lowest BCUT2D eigenvalue weighted by atomic mass is 9.81. The summed E-state index contributed by atoms with van der Waals surface area (Å²) in [5, 5.41) is 0.531. The molecule has 1 aliphatic heterocycles. The van der Waals surface area contributed by atoms with E-state index in [2.05, 4.69) is 9.36 Å². The number of methoxy groups -OCH3 is 2. The number of sulfonamides is 1. The molecule has 0 saturated carbocycles. The van der Waals surface area contributed by atoms with Crippen molar-refractivity contribution < 1.29 is 40.9 Å². The summed E-state index contributed by atoms with van der Waals surface area (Å²) in [6.07, 6.45) is 1.21. The fraction of sp³-hybridized carbons (Fsp3) is 0.382. The second-order valence-electron chi connectivity index (χ2n) is 12.6. The molecule has 50 heavy (non-hydrogen) atoms. The Kier molecular flexibility index (Phi) is 11.4. The average molecular weight is 751 g/mol. The van der Waals surface area contributed by atoms with Gasteiger partial charge in [0, 0.05) is 47.2 Å². The molecule has 1 saturated heterocycles. The Morgan fingerprint density at radius 3 is 2.36 bits per heavy atom. The molecule has 1 aliphatic rings. The van der Waals surface area contributed by atoms with Gasteiger partial charge in [-0.1, -0.05) is 23.7 Å². The molecule has 1 aromatic heterocycles. The van der Waals surface area contributed by atoms with Gasteiger partial charge in [-0.2, -0.15) is 4.37 Å². The van der Waals surface area contributed by atoms with Crippen LogP contribution in [0.3, 0.4) is 0 Å². The standard InChI is InChI=1S/C34H37ClF2N4O7S2/c1-34(2,3)48-33(42)40-13-12-27(21-6-9-24(35)10-7-21)23(17-40)19-47-31-28(36)15-26(16-29(31)37)50(43,44)41(32-38-20-39-49-32)18-22-8-11-25(45-4)14-30(22)46-5/h6-11,14-16,20,23,27H,12-13,17-19H2,1-5H3/t23-,27-/m1/s1. The van der Waals surface area contributed by atoms with Crippen molar-refractivity contribution in [1.29, 1.82) is 0 Å². The fourth-order valence-corrected chi connectivity index (χ4v) is 7.93. The molecule has 3 aromatic carbocycles. The predicted octanol–water partition coefficient (Wildman–Crippen LogP) is 7.30. The molecule has 1 fully saturated rings. The van der Waals surface area contributed by atoms with Crippen molar-refractivity contribution >= 4 is 44.4 Å². The number of anilines is 1. The van der Waals surface area contributed by atoms with Crippen molar-refractivity contribution in [2.24, 2.45) is 5.92 Å². The number of nitrogens with zero attached hydrogens (tertiary/aromatic N) is 4. The lowest BCUT2D eigenvalue weighted by Gasteiger charge is -2.39. The van der Waals surface area contributed by atoms with Gasteiger partial charge >= 0.3 is 6.09 Å². The minimum absolute atomic E-state index is 0.0240. The first-order chi connectivity index (χ1) is 23.7.